The normalized spacial score (nSPS) is 12.6. The number of carbonyl (C=O) groups excluding carboxylic acids is 1. The summed E-state index contributed by atoms with van der Waals surface area (Å²) in [6.45, 7) is 9.63. The van der Waals surface area contributed by atoms with Crippen molar-refractivity contribution in [3.05, 3.63) is 30.2 Å². The van der Waals surface area contributed by atoms with Crippen LogP contribution in [0.25, 0.3) is 5.65 Å². The molecule has 2 aromatic heterocycles. The average molecular weight is 360 g/mol. The van der Waals surface area contributed by atoms with Crippen LogP contribution in [0.15, 0.2) is 24.7 Å². The molecule has 0 aliphatic carbocycles. The Morgan fingerprint density at radius 3 is 2.54 bits per heavy atom. The highest BCUT2D eigenvalue weighted by atomic mass is 16.1. The Kier molecular flexibility index (Phi) is 8.54. The third-order valence-electron chi connectivity index (χ3n) is 4.59. The molecule has 0 bridgehead atoms. The fourth-order valence-electron chi connectivity index (χ4n) is 3.19. The summed E-state index contributed by atoms with van der Waals surface area (Å²) < 4.78 is 1.63. The average Bonchev–Trinajstić information content (AvgIpc) is 3.06. The number of rotatable bonds is 12. The zero-order valence-electron chi connectivity index (χ0n) is 16.4. The molecule has 2 aromatic rings. The van der Waals surface area contributed by atoms with Crippen LogP contribution in [0.4, 0.5) is 0 Å². The van der Waals surface area contributed by atoms with Gasteiger partial charge in [-0.1, -0.05) is 39.5 Å². The molecular formula is C20H33N5O. The number of hydrogen-bond donors (Lipinski definition) is 1. The van der Waals surface area contributed by atoms with Crippen LogP contribution in [0.3, 0.4) is 0 Å². The molecule has 0 radical (unpaired) electrons. The first-order valence-electron chi connectivity index (χ1n) is 9.97. The van der Waals surface area contributed by atoms with Gasteiger partial charge in [-0.05, 0) is 38.9 Å². The van der Waals surface area contributed by atoms with Gasteiger partial charge in [0.2, 0.25) is 0 Å². The molecule has 2 rings (SSSR count). The molecule has 2 heterocycles. The van der Waals surface area contributed by atoms with Gasteiger partial charge in [-0.2, -0.15) is 5.10 Å². The van der Waals surface area contributed by atoms with Crippen molar-refractivity contribution in [3.63, 3.8) is 0 Å². The van der Waals surface area contributed by atoms with E-state index in [9.17, 15) is 4.79 Å². The maximum Gasteiger partial charge on any atom is 0.257 e. The van der Waals surface area contributed by atoms with Crippen LogP contribution in [0.1, 0.15) is 69.7 Å². The second-order valence-electron chi connectivity index (χ2n) is 7.04. The Hall–Kier alpha value is -1.95. The van der Waals surface area contributed by atoms with Crippen LogP contribution >= 0.6 is 0 Å². The molecule has 0 aliphatic rings. The highest BCUT2D eigenvalue weighted by molar-refractivity contribution is 5.99. The van der Waals surface area contributed by atoms with Crippen LogP contribution in [-0.4, -0.2) is 51.1 Å². The van der Waals surface area contributed by atoms with E-state index >= 15 is 0 Å². The van der Waals surface area contributed by atoms with Crippen LogP contribution < -0.4 is 5.32 Å². The number of nitrogens with one attached hydrogen (secondary N) is 1. The number of nitrogens with zero attached hydrogens (tertiary/aromatic N) is 4. The molecule has 1 amide bonds. The number of unbranched alkanes of at least 4 members (excludes halogenated alkanes) is 4. The zero-order valence-corrected chi connectivity index (χ0v) is 16.4. The standard InChI is InChI=1S/C20H33N5O/c1-4-6-8-12-24(13-9-7-5-2)16-17(3)23-20(26)18-15-22-25-14-10-11-21-19(18)25/h10-11,14-15,17H,4-9,12-13,16H2,1-3H3,(H,23,26). The molecule has 0 fully saturated rings. The minimum Gasteiger partial charge on any atom is -0.348 e. The van der Waals surface area contributed by atoms with E-state index in [1.807, 2.05) is 0 Å². The van der Waals surface area contributed by atoms with Crippen molar-refractivity contribution in [2.75, 3.05) is 19.6 Å². The van der Waals surface area contributed by atoms with Crippen molar-refractivity contribution in [1.29, 1.82) is 0 Å². The Labute approximate surface area is 157 Å². The van der Waals surface area contributed by atoms with Crippen molar-refractivity contribution in [3.8, 4) is 0 Å². The smallest absolute Gasteiger partial charge is 0.257 e. The van der Waals surface area contributed by atoms with Crippen molar-refractivity contribution in [2.24, 2.45) is 0 Å². The SMILES string of the molecule is CCCCCN(CCCCC)CC(C)NC(=O)c1cnn2cccnc12. The van der Waals surface area contributed by atoms with E-state index in [-0.39, 0.29) is 11.9 Å². The highest BCUT2D eigenvalue weighted by Gasteiger charge is 2.17. The van der Waals surface area contributed by atoms with Gasteiger partial charge in [0, 0.05) is 25.0 Å². The lowest BCUT2D eigenvalue weighted by Crippen LogP contribution is -2.42. The lowest BCUT2D eigenvalue weighted by Gasteiger charge is -2.26. The fraction of sp³-hybridized carbons (Fsp3) is 0.650. The van der Waals surface area contributed by atoms with Crippen molar-refractivity contribution in [1.82, 2.24) is 24.8 Å². The summed E-state index contributed by atoms with van der Waals surface area (Å²) in [5, 5.41) is 7.30. The molecule has 0 spiro atoms. The van der Waals surface area contributed by atoms with Crippen LogP contribution in [-0.2, 0) is 0 Å². The van der Waals surface area contributed by atoms with Gasteiger partial charge in [0.05, 0.1) is 6.20 Å². The van der Waals surface area contributed by atoms with E-state index in [1.54, 1.807) is 29.2 Å². The third kappa shape index (κ3) is 6.09. The van der Waals surface area contributed by atoms with Crippen LogP contribution in [0.2, 0.25) is 0 Å². The van der Waals surface area contributed by atoms with Gasteiger partial charge in [0.25, 0.3) is 5.91 Å². The maximum atomic E-state index is 12.6. The summed E-state index contributed by atoms with van der Waals surface area (Å²) in [6.07, 6.45) is 12.5. The molecule has 1 atom stereocenters. The molecule has 1 unspecified atom stereocenters. The first-order valence-corrected chi connectivity index (χ1v) is 9.97. The molecule has 0 saturated carbocycles. The quantitative estimate of drug-likeness (QED) is 0.589. The Morgan fingerprint density at radius 1 is 1.19 bits per heavy atom. The van der Waals surface area contributed by atoms with Gasteiger partial charge in [0.15, 0.2) is 5.65 Å². The predicted octanol–water partition coefficient (Wildman–Crippen LogP) is 3.53. The molecule has 1 N–H and O–H groups in total. The summed E-state index contributed by atoms with van der Waals surface area (Å²) in [7, 11) is 0. The minimum absolute atomic E-state index is 0.0874. The van der Waals surface area contributed by atoms with E-state index in [0.29, 0.717) is 11.2 Å². The summed E-state index contributed by atoms with van der Waals surface area (Å²) in [6, 6.07) is 1.89. The van der Waals surface area contributed by atoms with Crippen LogP contribution in [0, 0.1) is 0 Å². The van der Waals surface area contributed by atoms with Gasteiger partial charge in [-0.15, -0.1) is 0 Å². The summed E-state index contributed by atoms with van der Waals surface area (Å²) >= 11 is 0. The number of aromatic nitrogens is 3. The molecule has 0 aliphatic heterocycles. The fourth-order valence-corrected chi connectivity index (χ4v) is 3.19. The summed E-state index contributed by atoms with van der Waals surface area (Å²) in [4.78, 5) is 19.4. The molecule has 6 nitrogen and oxygen atoms in total. The van der Waals surface area contributed by atoms with E-state index < -0.39 is 0 Å². The number of fused-ring (bicyclic) bond motifs is 1. The van der Waals surface area contributed by atoms with E-state index in [4.69, 9.17) is 0 Å². The van der Waals surface area contributed by atoms with Gasteiger partial charge in [-0.3, -0.25) is 4.79 Å². The van der Waals surface area contributed by atoms with Gasteiger partial charge < -0.3 is 10.2 Å². The van der Waals surface area contributed by atoms with E-state index in [1.165, 1.54) is 38.5 Å². The summed E-state index contributed by atoms with van der Waals surface area (Å²) in [5.41, 5.74) is 1.13. The zero-order chi connectivity index (χ0) is 18.8. The van der Waals surface area contributed by atoms with Gasteiger partial charge >= 0.3 is 0 Å². The van der Waals surface area contributed by atoms with Gasteiger partial charge in [-0.25, -0.2) is 9.50 Å². The second-order valence-corrected chi connectivity index (χ2v) is 7.04. The second kappa shape index (κ2) is 10.9. The highest BCUT2D eigenvalue weighted by Crippen LogP contribution is 2.08. The Bertz CT molecular complexity index is 659. The molecule has 144 valence electrons. The van der Waals surface area contributed by atoms with Crippen molar-refractivity contribution in [2.45, 2.75) is 65.3 Å². The molecule has 0 saturated heterocycles. The third-order valence-corrected chi connectivity index (χ3v) is 4.59. The predicted molar refractivity (Wildman–Crippen MR) is 105 cm³/mol. The number of hydrogen-bond acceptors (Lipinski definition) is 4. The molecule has 26 heavy (non-hydrogen) atoms. The largest absolute Gasteiger partial charge is 0.348 e. The monoisotopic (exact) mass is 359 g/mol. The lowest BCUT2D eigenvalue weighted by atomic mass is 10.2. The molecule has 6 heteroatoms. The van der Waals surface area contributed by atoms with E-state index in [2.05, 4.69) is 41.1 Å². The topological polar surface area (TPSA) is 62.5 Å². The maximum absolute atomic E-state index is 12.6. The van der Waals surface area contributed by atoms with E-state index in [0.717, 1.165) is 19.6 Å². The first kappa shape index (κ1) is 20.4. The van der Waals surface area contributed by atoms with Crippen molar-refractivity contribution < 1.29 is 4.79 Å². The number of carbonyl (C=O) groups is 1. The van der Waals surface area contributed by atoms with Crippen LogP contribution in [0.5, 0.6) is 0 Å². The first-order chi connectivity index (χ1) is 12.7. The Morgan fingerprint density at radius 2 is 1.88 bits per heavy atom. The Balaban J connectivity index is 1.90. The molecule has 0 aromatic carbocycles. The lowest BCUT2D eigenvalue weighted by molar-refractivity contribution is 0.0930. The summed E-state index contributed by atoms with van der Waals surface area (Å²) in [5.74, 6) is -0.103. The van der Waals surface area contributed by atoms with Gasteiger partial charge in [0.1, 0.15) is 5.56 Å². The molecular weight excluding hydrogens is 326 g/mol. The number of amides is 1. The minimum atomic E-state index is -0.103. The van der Waals surface area contributed by atoms with Crippen molar-refractivity contribution >= 4 is 11.6 Å².